The lowest BCUT2D eigenvalue weighted by molar-refractivity contribution is 0.0702. The van der Waals surface area contributed by atoms with Gasteiger partial charge in [-0.15, -0.1) is 0 Å². The maximum absolute atomic E-state index is 12.9. The highest BCUT2D eigenvalue weighted by Gasteiger charge is 2.34. The van der Waals surface area contributed by atoms with Crippen LogP contribution in [-0.4, -0.2) is 58.8 Å². The Balaban J connectivity index is 2.27. The number of anilines is 1. The molecule has 1 amide bonds. The second-order valence-corrected chi connectivity index (χ2v) is 9.44. The third-order valence-electron chi connectivity index (χ3n) is 3.81. The normalized spacial score (nSPS) is 20.0. The van der Waals surface area contributed by atoms with E-state index >= 15 is 0 Å². The molecule has 0 saturated carbocycles. The lowest BCUT2D eigenvalue weighted by Gasteiger charge is -2.27. The minimum absolute atomic E-state index is 0.0315. The van der Waals surface area contributed by atoms with E-state index in [1.807, 2.05) is 27.7 Å². The van der Waals surface area contributed by atoms with E-state index in [0.29, 0.717) is 30.3 Å². The minimum atomic E-state index is -3.05. The molecule has 0 bridgehead atoms. The molecule has 1 N–H and O–H groups in total. The lowest BCUT2D eigenvalue weighted by atomic mass is 10.1. The monoisotopic (exact) mass is 354 g/mol. The van der Waals surface area contributed by atoms with Gasteiger partial charge in [-0.05, 0) is 41.0 Å². The van der Waals surface area contributed by atoms with Crippen LogP contribution in [0.4, 0.5) is 5.82 Å². The smallest absolute Gasteiger partial charge is 0.272 e. The molecule has 1 aliphatic rings. The Kier molecular flexibility index (Phi) is 5.17. The molecular weight excluding hydrogens is 328 g/mol. The summed E-state index contributed by atoms with van der Waals surface area (Å²) in [5.74, 6) is 1.02. The Bertz CT molecular complexity index is 725. The van der Waals surface area contributed by atoms with Crippen molar-refractivity contribution in [2.45, 2.75) is 52.6 Å². The van der Waals surface area contributed by atoms with Gasteiger partial charge in [0, 0.05) is 24.2 Å². The molecule has 1 saturated heterocycles. The highest BCUT2D eigenvalue weighted by molar-refractivity contribution is 7.91. The van der Waals surface area contributed by atoms with Crippen molar-refractivity contribution in [3.63, 3.8) is 0 Å². The fourth-order valence-corrected chi connectivity index (χ4v) is 4.59. The molecule has 2 heterocycles. The topological polar surface area (TPSA) is 92.3 Å². The molecule has 7 nitrogen and oxygen atoms in total. The number of rotatable bonds is 4. The van der Waals surface area contributed by atoms with Gasteiger partial charge in [-0.1, -0.05) is 0 Å². The summed E-state index contributed by atoms with van der Waals surface area (Å²) in [4.78, 5) is 23.0. The van der Waals surface area contributed by atoms with Crippen LogP contribution in [0.3, 0.4) is 0 Å². The van der Waals surface area contributed by atoms with Crippen molar-refractivity contribution in [2.24, 2.45) is 0 Å². The number of hydrogen-bond acceptors (Lipinski definition) is 6. The van der Waals surface area contributed by atoms with Crippen molar-refractivity contribution in [3.8, 4) is 0 Å². The van der Waals surface area contributed by atoms with Gasteiger partial charge >= 0.3 is 0 Å². The zero-order valence-corrected chi connectivity index (χ0v) is 15.8. The van der Waals surface area contributed by atoms with E-state index in [9.17, 15) is 13.2 Å². The molecule has 1 fully saturated rings. The Hall–Kier alpha value is -1.70. The molecule has 1 aromatic heterocycles. The van der Waals surface area contributed by atoms with Crippen LogP contribution in [0.25, 0.3) is 0 Å². The van der Waals surface area contributed by atoms with Gasteiger partial charge in [-0.25, -0.2) is 18.4 Å². The average Bonchev–Trinajstić information content (AvgIpc) is 2.77. The van der Waals surface area contributed by atoms with Gasteiger partial charge in [0.15, 0.2) is 9.84 Å². The van der Waals surface area contributed by atoms with E-state index in [0.717, 1.165) is 0 Å². The molecular formula is C16H26N4O3S. The Morgan fingerprint density at radius 3 is 2.54 bits per heavy atom. The van der Waals surface area contributed by atoms with Crippen molar-refractivity contribution in [1.82, 2.24) is 14.9 Å². The zero-order chi connectivity index (χ0) is 18.1. The number of aromatic nitrogens is 2. The molecule has 0 radical (unpaired) electrons. The molecule has 0 aromatic carbocycles. The first-order valence-electron chi connectivity index (χ1n) is 8.16. The molecule has 0 spiro atoms. The van der Waals surface area contributed by atoms with Crippen LogP contribution in [0.15, 0.2) is 6.07 Å². The van der Waals surface area contributed by atoms with Crippen LogP contribution in [0.5, 0.6) is 0 Å². The van der Waals surface area contributed by atoms with Crippen LogP contribution in [0.1, 0.15) is 50.4 Å². The number of carbonyl (C=O) groups excluding carboxylic acids is 1. The Morgan fingerprint density at radius 2 is 2.04 bits per heavy atom. The van der Waals surface area contributed by atoms with Crippen molar-refractivity contribution in [2.75, 3.05) is 23.4 Å². The number of carbonyl (C=O) groups is 1. The van der Waals surface area contributed by atoms with Crippen molar-refractivity contribution in [3.05, 3.63) is 17.6 Å². The molecule has 1 aliphatic heterocycles. The van der Waals surface area contributed by atoms with E-state index in [-0.39, 0.29) is 29.0 Å². The molecule has 0 aliphatic carbocycles. The van der Waals surface area contributed by atoms with E-state index in [2.05, 4.69) is 15.3 Å². The van der Waals surface area contributed by atoms with Gasteiger partial charge in [-0.2, -0.15) is 0 Å². The Labute approximate surface area is 143 Å². The highest BCUT2D eigenvalue weighted by atomic mass is 32.2. The maximum Gasteiger partial charge on any atom is 0.272 e. The minimum Gasteiger partial charge on any atom is -0.365 e. The van der Waals surface area contributed by atoms with E-state index in [4.69, 9.17) is 0 Å². The SMILES string of the molecule is CCN(C(=O)c1cc(NC(C)(C)C)nc(C)n1)C1CCS(=O)(=O)C1. The van der Waals surface area contributed by atoms with Crippen LogP contribution in [-0.2, 0) is 9.84 Å². The second kappa shape index (κ2) is 6.66. The standard InChI is InChI=1S/C16H26N4O3S/c1-6-20(12-7-8-24(22,23)10-12)15(21)13-9-14(18-11(2)17-13)19-16(3,4)5/h9,12H,6-8,10H2,1-5H3,(H,17,18,19). The van der Waals surface area contributed by atoms with Gasteiger partial charge in [0.25, 0.3) is 5.91 Å². The second-order valence-electron chi connectivity index (χ2n) is 7.21. The predicted octanol–water partition coefficient (Wildman–Crippen LogP) is 1.64. The number of aryl methyl sites for hydroxylation is 1. The lowest BCUT2D eigenvalue weighted by Crippen LogP contribution is -2.41. The largest absolute Gasteiger partial charge is 0.365 e. The number of amides is 1. The van der Waals surface area contributed by atoms with E-state index in [1.165, 1.54) is 0 Å². The summed E-state index contributed by atoms with van der Waals surface area (Å²) < 4.78 is 23.4. The van der Waals surface area contributed by atoms with Gasteiger partial charge in [0.1, 0.15) is 17.3 Å². The van der Waals surface area contributed by atoms with Crippen LogP contribution < -0.4 is 5.32 Å². The third kappa shape index (κ3) is 4.66. The van der Waals surface area contributed by atoms with Crippen LogP contribution >= 0.6 is 0 Å². The summed E-state index contributed by atoms with van der Waals surface area (Å²) in [6, 6.07) is 1.36. The quantitative estimate of drug-likeness (QED) is 0.884. The van der Waals surface area contributed by atoms with Crippen LogP contribution in [0.2, 0.25) is 0 Å². The van der Waals surface area contributed by atoms with Gasteiger partial charge in [0.05, 0.1) is 11.5 Å². The third-order valence-corrected chi connectivity index (χ3v) is 5.56. The van der Waals surface area contributed by atoms with Crippen LogP contribution in [0, 0.1) is 6.92 Å². The molecule has 8 heteroatoms. The fraction of sp³-hybridized carbons (Fsp3) is 0.688. The first-order valence-corrected chi connectivity index (χ1v) is 9.98. The maximum atomic E-state index is 12.9. The summed E-state index contributed by atoms with van der Waals surface area (Å²) in [6.07, 6.45) is 0.485. The fourth-order valence-electron chi connectivity index (χ4n) is 2.86. The highest BCUT2D eigenvalue weighted by Crippen LogP contribution is 2.21. The van der Waals surface area contributed by atoms with Crippen molar-refractivity contribution in [1.29, 1.82) is 0 Å². The number of nitrogens with zero attached hydrogens (tertiary/aromatic N) is 3. The van der Waals surface area contributed by atoms with E-state index in [1.54, 1.807) is 17.9 Å². The average molecular weight is 354 g/mol. The molecule has 24 heavy (non-hydrogen) atoms. The first-order chi connectivity index (χ1) is 11.0. The van der Waals surface area contributed by atoms with Gasteiger partial charge in [-0.3, -0.25) is 4.79 Å². The molecule has 1 atom stereocenters. The summed E-state index contributed by atoms with van der Waals surface area (Å²) >= 11 is 0. The predicted molar refractivity (Wildman–Crippen MR) is 93.9 cm³/mol. The summed E-state index contributed by atoms with van der Waals surface area (Å²) in [5, 5.41) is 3.24. The van der Waals surface area contributed by atoms with Crippen molar-refractivity contribution < 1.29 is 13.2 Å². The number of sulfone groups is 1. The molecule has 134 valence electrons. The summed E-state index contributed by atoms with van der Waals surface area (Å²) in [5.41, 5.74) is 0.103. The summed E-state index contributed by atoms with van der Waals surface area (Å²) in [7, 11) is -3.05. The first kappa shape index (κ1) is 18.6. The van der Waals surface area contributed by atoms with Crippen molar-refractivity contribution >= 4 is 21.6 Å². The number of hydrogen-bond donors (Lipinski definition) is 1. The van der Waals surface area contributed by atoms with Gasteiger partial charge < -0.3 is 10.2 Å². The molecule has 1 aromatic rings. The van der Waals surface area contributed by atoms with Gasteiger partial charge in [0.2, 0.25) is 0 Å². The molecule has 1 unspecified atom stereocenters. The summed E-state index contributed by atoms with van der Waals surface area (Å²) in [6.45, 7) is 10.1. The molecule has 2 rings (SSSR count). The Morgan fingerprint density at radius 1 is 1.38 bits per heavy atom. The zero-order valence-electron chi connectivity index (χ0n) is 15.0. The number of nitrogens with one attached hydrogen (secondary N) is 1. The van der Waals surface area contributed by atoms with E-state index < -0.39 is 9.84 Å².